The van der Waals surface area contributed by atoms with Crippen LogP contribution in [0.3, 0.4) is 0 Å². The molecule has 1 aliphatic carbocycles. The van der Waals surface area contributed by atoms with Crippen LogP contribution >= 0.6 is 36.2 Å². The van der Waals surface area contributed by atoms with Gasteiger partial charge in [0.15, 0.2) is 0 Å². The predicted octanol–water partition coefficient (Wildman–Crippen LogP) is 1.91. The zero-order valence-corrected chi connectivity index (χ0v) is 12.4. The van der Waals surface area contributed by atoms with Crippen LogP contribution in [-0.4, -0.2) is 42.0 Å². The Morgan fingerprint density at radius 3 is 2.61 bits per heavy atom. The Morgan fingerprint density at radius 1 is 1.33 bits per heavy atom. The van der Waals surface area contributed by atoms with Crippen molar-refractivity contribution in [2.75, 3.05) is 26.2 Å². The summed E-state index contributed by atoms with van der Waals surface area (Å²) in [5, 5.41) is 4.40. The molecule has 1 amide bonds. The summed E-state index contributed by atoms with van der Waals surface area (Å²) in [4.78, 5) is 19.2. The van der Waals surface area contributed by atoms with Crippen molar-refractivity contribution in [3.05, 3.63) is 16.1 Å². The van der Waals surface area contributed by atoms with Gasteiger partial charge >= 0.3 is 0 Å². The third-order valence-electron chi connectivity index (χ3n) is 3.07. The molecule has 102 valence electrons. The van der Waals surface area contributed by atoms with Gasteiger partial charge < -0.3 is 10.2 Å². The van der Waals surface area contributed by atoms with Crippen LogP contribution in [0.5, 0.6) is 0 Å². The quantitative estimate of drug-likeness (QED) is 0.907. The second-order valence-electron chi connectivity index (χ2n) is 4.38. The van der Waals surface area contributed by atoms with Crippen LogP contribution in [0.1, 0.15) is 33.4 Å². The van der Waals surface area contributed by atoms with Gasteiger partial charge in [-0.05, 0) is 12.8 Å². The van der Waals surface area contributed by atoms with Gasteiger partial charge in [-0.2, -0.15) is 0 Å². The molecule has 1 saturated carbocycles. The molecule has 2 heterocycles. The van der Waals surface area contributed by atoms with Gasteiger partial charge in [-0.15, -0.1) is 36.2 Å². The van der Waals surface area contributed by atoms with E-state index >= 15 is 0 Å². The summed E-state index contributed by atoms with van der Waals surface area (Å²) in [5.74, 6) is 0.806. The first-order valence-corrected chi connectivity index (χ1v) is 6.62. The SMILES string of the molecule is Cl.Cl.O=C(c1cnc(C2CC2)s1)N1CCNCC1. The van der Waals surface area contributed by atoms with Gasteiger partial charge in [0.05, 0.1) is 11.2 Å². The molecule has 1 saturated heterocycles. The van der Waals surface area contributed by atoms with Crippen molar-refractivity contribution in [2.45, 2.75) is 18.8 Å². The van der Waals surface area contributed by atoms with Crippen molar-refractivity contribution in [1.29, 1.82) is 0 Å². The third-order valence-corrected chi connectivity index (χ3v) is 4.21. The third kappa shape index (κ3) is 3.35. The summed E-state index contributed by atoms with van der Waals surface area (Å²) in [6.45, 7) is 3.44. The van der Waals surface area contributed by atoms with Crippen LogP contribution in [0.4, 0.5) is 0 Å². The van der Waals surface area contributed by atoms with Crippen LogP contribution in [0.25, 0.3) is 0 Å². The van der Waals surface area contributed by atoms with Crippen LogP contribution in [0, 0.1) is 0 Å². The van der Waals surface area contributed by atoms with Gasteiger partial charge in [0.25, 0.3) is 5.91 Å². The predicted molar refractivity (Wildman–Crippen MR) is 77.4 cm³/mol. The molecule has 18 heavy (non-hydrogen) atoms. The topological polar surface area (TPSA) is 45.2 Å². The van der Waals surface area contributed by atoms with E-state index < -0.39 is 0 Å². The summed E-state index contributed by atoms with van der Waals surface area (Å²) >= 11 is 1.58. The van der Waals surface area contributed by atoms with E-state index in [0.29, 0.717) is 5.92 Å². The van der Waals surface area contributed by atoms with E-state index in [9.17, 15) is 4.79 Å². The molecule has 1 N–H and O–H groups in total. The Morgan fingerprint density at radius 2 is 2.00 bits per heavy atom. The standard InChI is InChI=1S/C11H15N3OS.2ClH/c15-11(14-5-3-12-4-6-14)9-7-13-10(16-9)8-1-2-8;;/h7-8,12H,1-6H2;2*1H. The highest BCUT2D eigenvalue weighted by Gasteiger charge is 2.28. The Labute approximate surface area is 123 Å². The zero-order valence-electron chi connectivity index (χ0n) is 9.92. The smallest absolute Gasteiger partial charge is 0.265 e. The molecule has 2 aliphatic rings. The van der Waals surface area contributed by atoms with E-state index in [4.69, 9.17) is 0 Å². The molecule has 1 aromatic rings. The van der Waals surface area contributed by atoms with Crippen LogP contribution in [-0.2, 0) is 0 Å². The molecular formula is C11H17Cl2N3OS. The minimum absolute atomic E-state index is 0. The summed E-state index contributed by atoms with van der Waals surface area (Å²) < 4.78 is 0. The molecule has 3 rings (SSSR count). The highest BCUT2D eigenvalue weighted by atomic mass is 35.5. The lowest BCUT2D eigenvalue weighted by Crippen LogP contribution is -2.46. The number of nitrogens with zero attached hydrogens (tertiary/aromatic N) is 2. The summed E-state index contributed by atoms with van der Waals surface area (Å²) in [6, 6.07) is 0. The summed E-state index contributed by atoms with van der Waals surface area (Å²) in [5.41, 5.74) is 0. The van der Waals surface area contributed by atoms with E-state index in [2.05, 4.69) is 10.3 Å². The molecule has 0 unspecified atom stereocenters. The minimum atomic E-state index is 0. The number of nitrogens with one attached hydrogen (secondary N) is 1. The fourth-order valence-electron chi connectivity index (χ4n) is 1.93. The lowest BCUT2D eigenvalue weighted by molar-refractivity contribution is 0.0740. The van der Waals surface area contributed by atoms with Crippen molar-refractivity contribution in [1.82, 2.24) is 15.2 Å². The fraction of sp³-hybridized carbons (Fsp3) is 0.636. The molecular weight excluding hydrogens is 293 g/mol. The minimum Gasteiger partial charge on any atom is -0.335 e. The molecule has 2 fully saturated rings. The highest BCUT2D eigenvalue weighted by molar-refractivity contribution is 7.13. The van der Waals surface area contributed by atoms with Gasteiger partial charge in [0.1, 0.15) is 4.88 Å². The molecule has 0 bridgehead atoms. The first kappa shape index (κ1) is 15.7. The molecule has 1 aromatic heterocycles. The van der Waals surface area contributed by atoms with Crippen molar-refractivity contribution in [2.24, 2.45) is 0 Å². The number of piperazine rings is 1. The van der Waals surface area contributed by atoms with Gasteiger partial charge in [-0.3, -0.25) is 4.79 Å². The van der Waals surface area contributed by atoms with Crippen molar-refractivity contribution >= 4 is 42.1 Å². The number of halogens is 2. The first-order chi connectivity index (χ1) is 7.84. The van der Waals surface area contributed by atoms with Gasteiger partial charge in [-0.1, -0.05) is 0 Å². The van der Waals surface area contributed by atoms with E-state index in [1.54, 1.807) is 17.5 Å². The second kappa shape index (κ2) is 6.70. The second-order valence-corrected chi connectivity index (χ2v) is 5.44. The Bertz CT molecular complexity index is 403. The average molecular weight is 310 g/mol. The van der Waals surface area contributed by atoms with Crippen molar-refractivity contribution in [3.63, 3.8) is 0 Å². The molecule has 0 spiro atoms. The number of amides is 1. The molecule has 0 radical (unpaired) electrons. The number of thiazole rings is 1. The van der Waals surface area contributed by atoms with Crippen molar-refractivity contribution < 1.29 is 4.79 Å². The molecule has 1 aliphatic heterocycles. The summed E-state index contributed by atoms with van der Waals surface area (Å²) in [7, 11) is 0. The summed E-state index contributed by atoms with van der Waals surface area (Å²) in [6.07, 6.45) is 4.24. The largest absolute Gasteiger partial charge is 0.335 e. The van der Waals surface area contributed by atoms with E-state index in [0.717, 1.165) is 36.1 Å². The molecule has 7 heteroatoms. The monoisotopic (exact) mass is 309 g/mol. The van der Waals surface area contributed by atoms with E-state index in [-0.39, 0.29) is 30.7 Å². The van der Waals surface area contributed by atoms with Gasteiger partial charge in [0, 0.05) is 32.1 Å². The number of aromatic nitrogens is 1. The number of hydrogen-bond donors (Lipinski definition) is 1. The Balaban J connectivity index is 0.000000810. The first-order valence-electron chi connectivity index (χ1n) is 5.80. The number of carbonyl (C=O) groups excluding carboxylic acids is 1. The van der Waals surface area contributed by atoms with Crippen LogP contribution in [0.15, 0.2) is 6.20 Å². The van der Waals surface area contributed by atoms with Gasteiger partial charge in [-0.25, -0.2) is 4.98 Å². The van der Waals surface area contributed by atoms with Crippen molar-refractivity contribution in [3.8, 4) is 0 Å². The maximum Gasteiger partial charge on any atom is 0.265 e. The number of carbonyl (C=O) groups is 1. The Hall–Kier alpha value is -0.360. The number of rotatable bonds is 2. The van der Waals surface area contributed by atoms with Crippen LogP contribution < -0.4 is 5.32 Å². The molecule has 4 nitrogen and oxygen atoms in total. The maximum absolute atomic E-state index is 12.1. The van der Waals surface area contributed by atoms with E-state index in [1.165, 1.54) is 12.8 Å². The van der Waals surface area contributed by atoms with Crippen LogP contribution in [0.2, 0.25) is 0 Å². The highest BCUT2D eigenvalue weighted by Crippen LogP contribution is 2.41. The average Bonchev–Trinajstić information content (AvgIpc) is 3.08. The fourth-order valence-corrected chi connectivity index (χ4v) is 2.98. The molecule has 0 atom stereocenters. The zero-order chi connectivity index (χ0) is 11.0. The lowest BCUT2D eigenvalue weighted by atomic mass is 10.3. The van der Waals surface area contributed by atoms with Gasteiger partial charge in [0.2, 0.25) is 0 Å². The Kier molecular flexibility index (Phi) is 5.85. The molecule has 0 aromatic carbocycles. The normalized spacial score (nSPS) is 18.8. The van der Waals surface area contributed by atoms with E-state index in [1.807, 2.05) is 4.90 Å². The maximum atomic E-state index is 12.1. The lowest BCUT2D eigenvalue weighted by Gasteiger charge is -2.26. The number of hydrogen-bond acceptors (Lipinski definition) is 4.